The standard InChI is InChI=1S/C18H24N4O2/c1-14-20-15-6-2-3-7-16(15)22(14)13-9-17(23)19-10-5-12-21-11-4-8-18(21)24/h2-3,6-7H,4-5,8-13H2,1H3,(H,19,23). The molecule has 2 heterocycles. The highest BCUT2D eigenvalue weighted by atomic mass is 16.2. The number of carbonyl (C=O) groups is 2. The lowest BCUT2D eigenvalue weighted by atomic mass is 10.3. The summed E-state index contributed by atoms with van der Waals surface area (Å²) in [7, 11) is 0. The maximum absolute atomic E-state index is 12.0. The number of likely N-dealkylation sites (tertiary alicyclic amines) is 1. The quantitative estimate of drug-likeness (QED) is 0.789. The van der Waals surface area contributed by atoms with Crippen LogP contribution in [0, 0.1) is 6.92 Å². The van der Waals surface area contributed by atoms with E-state index in [1.807, 2.05) is 36.1 Å². The largest absolute Gasteiger partial charge is 0.356 e. The van der Waals surface area contributed by atoms with Crippen molar-refractivity contribution in [2.75, 3.05) is 19.6 Å². The summed E-state index contributed by atoms with van der Waals surface area (Å²) in [6, 6.07) is 7.97. The summed E-state index contributed by atoms with van der Waals surface area (Å²) >= 11 is 0. The summed E-state index contributed by atoms with van der Waals surface area (Å²) in [5.41, 5.74) is 2.03. The highest BCUT2D eigenvalue weighted by Gasteiger charge is 2.19. The molecular weight excluding hydrogens is 304 g/mol. The van der Waals surface area contributed by atoms with Crippen LogP contribution in [0.1, 0.15) is 31.5 Å². The van der Waals surface area contributed by atoms with Crippen LogP contribution in [0.4, 0.5) is 0 Å². The number of imidazole rings is 1. The summed E-state index contributed by atoms with van der Waals surface area (Å²) in [6.45, 7) is 4.81. The minimum absolute atomic E-state index is 0.0416. The second-order valence-electron chi connectivity index (χ2n) is 6.24. The van der Waals surface area contributed by atoms with Crippen LogP contribution in [0.3, 0.4) is 0 Å². The molecule has 3 rings (SSSR count). The first-order chi connectivity index (χ1) is 11.6. The van der Waals surface area contributed by atoms with E-state index in [0.29, 0.717) is 25.9 Å². The number of hydrogen-bond donors (Lipinski definition) is 1. The van der Waals surface area contributed by atoms with Gasteiger partial charge in [0.15, 0.2) is 0 Å². The molecule has 1 aliphatic heterocycles. The number of aryl methyl sites for hydroxylation is 2. The van der Waals surface area contributed by atoms with Crippen molar-refractivity contribution in [3.05, 3.63) is 30.1 Å². The molecular formula is C18H24N4O2. The Morgan fingerprint density at radius 2 is 2.12 bits per heavy atom. The van der Waals surface area contributed by atoms with E-state index in [1.165, 1.54) is 0 Å². The van der Waals surface area contributed by atoms with Gasteiger partial charge in [0.25, 0.3) is 0 Å². The fourth-order valence-corrected chi connectivity index (χ4v) is 3.22. The van der Waals surface area contributed by atoms with Gasteiger partial charge in [-0.1, -0.05) is 12.1 Å². The predicted molar refractivity (Wildman–Crippen MR) is 92.5 cm³/mol. The molecule has 0 radical (unpaired) electrons. The first kappa shape index (κ1) is 16.5. The van der Waals surface area contributed by atoms with Gasteiger partial charge >= 0.3 is 0 Å². The molecule has 6 nitrogen and oxygen atoms in total. The van der Waals surface area contributed by atoms with Crippen LogP contribution in [0.15, 0.2) is 24.3 Å². The number of nitrogens with one attached hydrogen (secondary N) is 1. The van der Waals surface area contributed by atoms with Crippen molar-refractivity contribution in [3.63, 3.8) is 0 Å². The molecule has 1 aliphatic rings. The number of rotatable bonds is 7. The van der Waals surface area contributed by atoms with Gasteiger partial charge in [0, 0.05) is 39.0 Å². The van der Waals surface area contributed by atoms with Crippen LogP contribution in [0.25, 0.3) is 11.0 Å². The molecule has 24 heavy (non-hydrogen) atoms. The Morgan fingerprint density at radius 3 is 2.92 bits per heavy atom. The number of fused-ring (bicyclic) bond motifs is 1. The molecule has 2 aromatic rings. The lowest BCUT2D eigenvalue weighted by Crippen LogP contribution is -2.31. The van der Waals surface area contributed by atoms with E-state index >= 15 is 0 Å². The normalized spacial score (nSPS) is 14.5. The molecule has 1 aromatic heterocycles. The van der Waals surface area contributed by atoms with Gasteiger partial charge in [-0.2, -0.15) is 0 Å². The Bertz CT molecular complexity index is 738. The van der Waals surface area contributed by atoms with Crippen LogP contribution in [-0.2, 0) is 16.1 Å². The SMILES string of the molecule is Cc1nc2ccccc2n1CCC(=O)NCCCN1CCCC1=O. The Hall–Kier alpha value is -2.37. The van der Waals surface area contributed by atoms with E-state index < -0.39 is 0 Å². The lowest BCUT2D eigenvalue weighted by molar-refractivity contribution is -0.127. The van der Waals surface area contributed by atoms with Gasteiger partial charge in [0.1, 0.15) is 5.82 Å². The smallest absolute Gasteiger partial charge is 0.222 e. The van der Waals surface area contributed by atoms with Gasteiger partial charge in [-0.05, 0) is 31.9 Å². The van der Waals surface area contributed by atoms with E-state index in [4.69, 9.17) is 0 Å². The summed E-state index contributed by atoms with van der Waals surface area (Å²) < 4.78 is 2.08. The average Bonchev–Trinajstić information content (AvgIpc) is 3.12. The highest BCUT2D eigenvalue weighted by Crippen LogP contribution is 2.15. The van der Waals surface area contributed by atoms with Gasteiger partial charge < -0.3 is 14.8 Å². The number of amides is 2. The molecule has 1 fully saturated rings. The second kappa shape index (κ2) is 7.47. The van der Waals surface area contributed by atoms with Crippen molar-refractivity contribution in [1.29, 1.82) is 0 Å². The van der Waals surface area contributed by atoms with Gasteiger partial charge in [-0.3, -0.25) is 9.59 Å². The Kier molecular flexibility index (Phi) is 5.13. The van der Waals surface area contributed by atoms with Crippen molar-refractivity contribution in [2.45, 2.75) is 39.2 Å². The molecule has 1 aromatic carbocycles. The highest BCUT2D eigenvalue weighted by molar-refractivity contribution is 5.78. The minimum atomic E-state index is 0.0416. The van der Waals surface area contributed by atoms with Crippen LogP contribution >= 0.6 is 0 Å². The second-order valence-corrected chi connectivity index (χ2v) is 6.24. The zero-order chi connectivity index (χ0) is 16.9. The van der Waals surface area contributed by atoms with Crippen molar-refractivity contribution in [3.8, 4) is 0 Å². The minimum Gasteiger partial charge on any atom is -0.356 e. The van der Waals surface area contributed by atoms with Crippen molar-refractivity contribution in [1.82, 2.24) is 19.8 Å². The summed E-state index contributed by atoms with van der Waals surface area (Å²) in [6.07, 6.45) is 2.88. The Morgan fingerprint density at radius 1 is 1.29 bits per heavy atom. The zero-order valence-electron chi connectivity index (χ0n) is 14.1. The summed E-state index contributed by atoms with van der Waals surface area (Å²) in [5.74, 6) is 1.21. The molecule has 0 bridgehead atoms. The van der Waals surface area contributed by atoms with Gasteiger partial charge in [-0.25, -0.2) is 4.98 Å². The topological polar surface area (TPSA) is 67.2 Å². The number of carbonyl (C=O) groups excluding carboxylic acids is 2. The molecule has 0 aliphatic carbocycles. The monoisotopic (exact) mass is 328 g/mol. The predicted octanol–water partition coefficient (Wildman–Crippen LogP) is 1.86. The van der Waals surface area contributed by atoms with E-state index in [1.54, 1.807) is 0 Å². The fraction of sp³-hybridized carbons (Fsp3) is 0.500. The average molecular weight is 328 g/mol. The first-order valence-corrected chi connectivity index (χ1v) is 8.61. The summed E-state index contributed by atoms with van der Waals surface area (Å²) in [4.78, 5) is 29.9. The third kappa shape index (κ3) is 3.75. The summed E-state index contributed by atoms with van der Waals surface area (Å²) in [5, 5.41) is 2.94. The van der Waals surface area contributed by atoms with Gasteiger partial charge in [-0.15, -0.1) is 0 Å². The van der Waals surface area contributed by atoms with E-state index in [0.717, 1.165) is 42.8 Å². The molecule has 2 amide bonds. The van der Waals surface area contributed by atoms with Gasteiger partial charge in [0.05, 0.1) is 11.0 Å². The molecule has 0 saturated carbocycles. The van der Waals surface area contributed by atoms with Gasteiger partial charge in [0.2, 0.25) is 11.8 Å². The molecule has 1 N–H and O–H groups in total. The molecule has 0 spiro atoms. The molecule has 0 atom stereocenters. The number of benzene rings is 1. The Balaban J connectivity index is 1.42. The van der Waals surface area contributed by atoms with E-state index in [9.17, 15) is 9.59 Å². The number of nitrogens with zero attached hydrogens (tertiary/aromatic N) is 3. The fourth-order valence-electron chi connectivity index (χ4n) is 3.22. The maximum Gasteiger partial charge on any atom is 0.222 e. The van der Waals surface area contributed by atoms with Crippen LogP contribution in [-0.4, -0.2) is 45.9 Å². The van der Waals surface area contributed by atoms with Crippen LogP contribution in [0.2, 0.25) is 0 Å². The van der Waals surface area contributed by atoms with Crippen molar-refractivity contribution in [2.24, 2.45) is 0 Å². The van der Waals surface area contributed by atoms with Crippen molar-refractivity contribution < 1.29 is 9.59 Å². The zero-order valence-corrected chi connectivity index (χ0v) is 14.1. The molecule has 1 saturated heterocycles. The Labute approximate surface area is 141 Å². The van der Waals surface area contributed by atoms with E-state index in [2.05, 4.69) is 14.9 Å². The molecule has 6 heteroatoms. The third-order valence-corrected chi connectivity index (χ3v) is 4.51. The van der Waals surface area contributed by atoms with Crippen molar-refractivity contribution >= 4 is 22.8 Å². The lowest BCUT2D eigenvalue weighted by Gasteiger charge is -2.15. The molecule has 0 unspecified atom stereocenters. The van der Waals surface area contributed by atoms with E-state index in [-0.39, 0.29) is 11.8 Å². The molecule has 128 valence electrons. The number of aromatic nitrogens is 2. The third-order valence-electron chi connectivity index (χ3n) is 4.51. The number of para-hydroxylation sites is 2. The number of hydrogen-bond acceptors (Lipinski definition) is 3. The maximum atomic E-state index is 12.0. The first-order valence-electron chi connectivity index (χ1n) is 8.61. The van der Waals surface area contributed by atoms with Crippen LogP contribution in [0.5, 0.6) is 0 Å². The van der Waals surface area contributed by atoms with Crippen LogP contribution < -0.4 is 5.32 Å².